The standard InChI is InChI=1S/C22H27N3O2.ClH/c1-17-5-7-19(8-6-17)27-20-4-2-3-18(15-20)24-21(26)25-13-10-22(11-14-25)9-12-23-16-22;/h2-8,15,23H,9-14,16H2,1H3,(H,24,26);1H. The van der Waals surface area contributed by atoms with Gasteiger partial charge in [0.2, 0.25) is 0 Å². The Morgan fingerprint density at radius 3 is 2.50 bits per heavy atom. The number of urea groups is 1. The number of benzene rings is 2. The van der Waals surface area contributed by atoms with Crippen LogP contribution in [0, 0.1) is 12.3 Å². The second-order valence-corrected chi connectivity index (χ2v) is 7.79. The van der Waals surface area contributed by atoms with Crippen molar-refractivity contribution in [3.8, 4) is 11.5 Å². The second kappa shape index (κ2) is 8.84. The summed E-state index contributed by atoms with van der Waals surface area (Å²) in [4.78, 5) is 14.6. The van der Waals surface area contributed by atoms with Crippen molar-refractivity contribution in [1.82, 2.24) is 10.2 Å². The molecule has 2 saturated heterocycles. The number of piperidine rings is 1. The van der Waals surface area contributed by atoms with Crippen molar-refractivity contribution in [2.75, 3.05) is 31.5 Å². The molecular weight excluding hydrogens is 374 g/mol. The summed E-state index contributed by atoms with van der Waals surface area (Å²) in [6.45, 7) is 5.91. The Bertz CT molecular complexity index is 794. The van der Waals surface area contributed by atoms with E-state index in [1.807, 2.05) is 60.4 Å². The van der Waals surface area contributed by atoms with Gasteiger partial charge in [0.05, 0.1) is 0 Å². The van der Waals surface area contributed by atoms with Gasteiger partial charge in [-0.1, -0.05) is 23.8 Å². The molecule has 5 nitrogen and oxygen atoms in total. The lowest BCUT2D eigenvalue weighted by Gasteiger charge is -2.38. The molecule has 0 saturated carbocycles. The zero-order valence-electron chi connectivity index (χ0n) is 16.2. The number of aryl methyl sites for hydroxylation is 1. The van der Waals surface area contributed by atoms with Crippen LogP contribution in [0.4, 0.5) is 10.5 Å². The van der Waals surface area contributed by atoms with E-state index in [2.05, 4.69) is 10.6 Å². The topological polar surface area (TPSA) is 53.6 Å². The van der Waals surface area contributed by atoms with Gasteiger partial charge in [-0.05, 0) is 62.4 Å². The second-order valence-electron chi connectivity index (χ2n) is 7.79. The highest BCUT2D eigenvalue weighted by Crippen LogP contribution is 2.37. The number of likely N-dealkylation sites (tertiary alicyclic amines) is 1. The Balaban J connectivity index is 0.00000225. The fourth-order valence-corrected chi connectivity index (χ4v) is 3.99. The molecule has 0 aliphatic carbocycles. The fourth-order valence-electron chi connectivity index (χ4n) is 3.99. The van der Waals surface area contributed by atoms with Crippen LogP contribution in [-0.2, 0) is 0 Å². The summed E-state index contributed by atoms with van der Waals surface area (Å²) in [5, 5.41) is 6.48. The average Bonchev–Trinajstić information content (AvgIpc) is 3.12. The van der Waals surface area contributed by atoms with Crippen molar-refractivity contribution < 1.29 is 9.53 Å². The highest BCUT2D eigenvalue weighted by atomic mass is 35.5. The maximum absolute atomic E-state index is 12.6. The summed E-state index contributed by atoms with van der Waals surface area (Å²) in [7, 11) is 0. The number of hydrogen-bond donors (Lipinski definition) is 2. The Morgan fingerprint density at radius 2 is 1.82 bits per heavy atom. The molecule has 0 bridgehead atoms. The zero-order valence-corrected chi connectivity index (χ0v) is 17.1. The van der Waals surface area contributed by atoms with E-state index in [0.29, 0.717) is 11.2 Å². The van der Waals surface area contributed by atoms with Crippen LogP contribution >= 0.6 is 12.4 Å². The van der Waals surface area contributed by atoms with E-state index in [1.165, 1.54) is 12.0 Å². The van der Waals surface area contributed by atoms with E-state index in [1.54, 1.807) is 0 Å². The molecule has 0 atom stereocenters. The molecule has 0 unspecified atom stereocenters. The summed E-state index contributed by atoms with van der Waals surface area (Å²) >= 11 is 0. The van der Waals surface area contributed by atoms with E-state index < -0.39 is 0 Å². The van der Waals surface area contributed by atoms with Crippen molar-refractivity contribution in [3.63, 3.8) is 0 Å². The minimum atomic E-state index is -0.0247. The largest absolute Gasteiger partial charge is 0.457 e. The molecule has 4 rings (SSSR count). The van der Waals surface area contributed by atoms with Gasteiger partial charge in [-0.2, -0.15) is 0 Å². The molecule has 2 aromatic rings. The number of anilines is 1. The first-order valence-electron chi connectivity index (χ1n) is 9.73. The summed E-state index contributed by atoms with van der Waals surface area (Å²) < 4.78 is 5.89. The summed E-state index contributed by atoms with van der Waals surface area (Å²) in [5.74, 6) is 1.50. The Hall–Kier alpha value is -2.24. The SMILES string of the molecule is Cc1ccc(Oc2cccc(NC(=O)N3CCC4(CCNC4)CC3)c2)cc1.Cl. The van der Waals surface area contributed by atoms with E-state index >= 15 is 0 Å². The molecule has 28 heavy (non-hydrogen) atoms. The van der Waals surface area contributed by atoms with Gasteiger partial charge in [-0.3, -0.25) is 0 Å². The van der Waals surface area contributed by atoms with Gasteiger partial charge in [0, 0.05) is 31.4 Å². The summed E-state index contributed by atoms with van der Waals surface area (Å²) in [6, 6.07) is 15.5. The number of ether oxygens (including phenoxy) is 1. The van der Waals surface area contributed by atoms with Crippen LogP contribution in [0.1, 0.15) is 24.8 Å². The van der Waals surface area contributed by atoms with Crippen LogP contribution in [-0.4, -0.2) is 37.1 Å². The number of amides is 2. The predicted molar refractivity (Wildman–Crippen MR) is 115 cm³/mol. The number of nitrogens with zero attached hydrogens (tertiary/aromatic N) is 1. The molecule has 2 heterocycles. The lowest BCUT2D eigenvalue weighted by Crippen LogP contribution is -2.45. The number of hydrogen-bond acceptors (Lipinski definition) is 3. The van der Waals surface area contributed by atoms with Crippen LogP contribution in [0.2, 0.25) is 0 Å². The van der Waals surface area contributed by atoms with Crippen LogP contribution < -0.4 is 15.4 Å². The monoisotopic (exact) mass is 401 g/mol. The minimum absolute atomic E-state index is 0. The first-order chi connectivity index (χ1) is 13.1. The molecular formula is C22H28ClN3O2. The predicted octanol–water partition coefficient (Wildman–Crippen LogP) is 4.82. The van der Waals surface area contributed by atoms with E-state index in [9.17, 15) is 4.79 Å². The summed E-state index contributed by atoms with van der Waals surface area (Å²) in [6.07, 6.45) is 3.41. The van der Waals surface area contributed by atoms with Gasteiger partial charge in [0.1, 0.15) is 11.5 Å². The van der Waals surface area contributed by atoms with Gasteiger partial charge in [0.15, 0.2) is 0 Å². The van der Waals surface area contributed by atoms with E-state index in [4.69, 9.17) is 4.74 Å². The lowest BCUT2D eigenvalue weighted by molar-refractivity contribution is 0.137. The van der Waals surface area contributed by atoms with Gasteiger partial charge < -0.3 is 20.3 Å². The molecule has 6 heteroatoms. The molecule has 2 fully saturated rings. The van der Waals surface area contributed by atoms with E-state index in [0.717, 1.165) is 50.5 Å². The van der Waals surface area contributed by atoms with Crippen LogP contribution in [0.25, 0.3) is 0 Å². The smallest absolute Gasteiger partial charge is 0.321 e. The quantitative estimate of drug-likeness (QED) is 0.775. The maximum atomic E-state index is 12.6. The van der Waals surface area contributed by atoms with Crippen molar-refractivity contribution >= 4 is 24.1 Å². The van der Waals surface area contributed by atoms with Crippen molar-refractivity contribution in [2.45, 2.75) is 26.2 Å². The van der Waals surface area contributed by atoms with Gasteiger partial charge in [-0.15, -0.1) is 12.4 Å². The van der Waals surface area contributed by atoms with E-state index in [-0.39, 0.29) is 18.4 Å². The molecule has 2 aromatic carbocycles. The van der Waals surface area contributed by atoms with Gasteiger partial charge in [0.25, 0.3) is 0 Å². The summed E-state index contributed by atoms with van der Waals surface area (Å²) in [5.41, 5.74) is 2.37. The minimum Gasteiger partial charge on any atom is -0.457 e. The highest BCUT2D eigenvalue weighted by Gasteiger charge is 2.38. The van der Waals surface area contributed by atoms with Crippen LogP contribution in [0.3, 0.4) is 0 Å². The Morgan fingerprint density at radius 1 is 1.07 bits per heavy atom. The first kappa shape index (κ1) is 20.5. The molecule has 2 amide bonds. The Labute approximate surface area is 172 Å². The third-order valence-corrected chi connectivity index (χ3v) is 5.79. The molecule has 0 radical (unpaired) electrons. The number of rotatable bonds is 3. The number of nitrogens with one attached hydrogen (secondary N) is 2. The maximum Gasteiger partial charge on any atom is 0.321 e. The lowest BCUT2D eigenvalue weighted by atomic mass is 9.78. The molecule has 150 valence electrons. The number of carbonyl (C=O) groups is 1. The number of halogens is 1. The third kappa shape index (κ3) is 4.78. The Kier molecular flexibility index (Phi) is 6.47. The fraction of sp³-hybridized carbons (Fsp3) is 0.409. The molecule has 0 aromatic heterocycles. The van der Waals surface area contributed by atoms with Crippen LogP contribution in [0.15, 0.2) is 48.5 Å². The van der Waals surface area contributed by atoms with Crippen LogP contribution in [0.5, 0.6) is 11.5 Å². The highest BCUT2D eigenvalue weighted by molar-refractivity contribution is 5.89. The van der Waals surface area contributed by atoms with Crippen molar-refractivity contribution in [3.05, 3.63) is 54.1 Å². The van der Waals surface area contributed by atoms with Crippen molar-refractivity contribution in [2.24, 2.45) is 5.41 Å². The first-order valence-corrected chi connectivity index (χ1v) is 9.73. The normalized spacial score (nSPS) is 17.8. The molecule has 2 aliphatic rings. The number of carbonyl (C=O) groups excluding carboxylic acids is 1. The molecule has 2 N–H and O–H groups in total. The average molecular weight is 402 g/mol. The zero-order chi connectivity index (χ0) is 18.7. The van der Waals surface area contributed by atoms with Gasteiger partial charge >= 0.3 is 6.03 Å². The van der Waals surface area contributed by atoms with Gasteiger partial charge in [-0.25, -0.2) is 4.79 Å². The van der Waals surface area contributed by atoms with Crippen molar-refractivity contribution in [1.29, 1.82) is 0 Å². The molecule has 1 spiro atoms. The third-order valence-electron chi connectivity index (χ3n) is 5.79. The molecule has 2 aliphatic heterocycles.